The fourth-order valence-corrected chi connectivity index (χ4v) is 2.71. The van der Waals surface area contributed by atoms with Crippen molar-refractivity contribution in [3.05, 3.63) is 0 Å². The van der Waals surface area contributed by atoms with Crippen LogP contribution in [0.3, 0.4) is 0 Å². The molecule has 0 aromatic rings. The summed E-state index contributed by atoms with van der Waals surface area (Å²) in [7, 11) is 0. The second kappa shape index (κ2) is 6.89. The Balaban J connectivity index is 2.69. The molecule has 1 atom stereocenters. The molecule has 5 heteroatoms. The standard InChI is InChI=1S/C14H26N2O3/c1-4-14(8-6-9-15-14)13(19)16(11(2)3)10-5-7-12(17)18/h11,15H,4-10H2,1-3H3,(H,17,18). The van der Waals surface area contributed by atoms with Crippen LogP contribution < -0.4 is 5.32 Å². The highest BCUT2D eigenvalue weighted by molar-refractivity contribution is 5.87. The van der Waals surface area contributed by atoms with Crippen molar-refractivity contribution in [1.29, 1.82) is 0 Å². The van der Waals surface area contributed by atoms with Crippen molar-refractivity contribution in [2.24, 2.45) is 0 Å². The van der Waals surface area contributed by atoms with E-state index in [1.807, 2.05) is 25.7 Å². The Morgan fingerprint density at radius 3 is 2.53 bits per heavy atom. The van der Waals surface area contributed by atoms with Gasteiger partial charge in [0.15, 0.2) is 0 Å². The SMILES string of the molecule is CCC1(C(=O)N(CCCC(=O)O)C(C)C)CCCN1. The summed E-state index contributed by atoms with van der Waals surface area (Å²) in [6.07, 6.45) is 3.32. The number of hydrogen-bond acceptors (Lipinski definition) is 3. The van der Waals surface area contributed by atoms with E-state index in [1.54, 1.807) is 0 Å². The minimum absolute atomic E-state index is 0.104. The lowest BCUT2D eigenvalue weighted by Crippen LogP contribution is -2.56. The predicted octanol–water partition coefficient (Wildman–Crippen LogP) is 1.62. The van der Waals surface area contributed by atoms with Crippen LogP contribution in [0.25, 0.3) is 0 Å². The number of carboxylic acids is 1. The molecule has 0 aliphatic carbocycles. The number of amides is 1. The van der Waals surface area contributed by atoms with Crippen LogP contribution in [-0.2, 0) is 9.59 Å². The van der Waals surface area contributed by atoms with E-state index in [0.29, 0.717) is 13.0 Å². The Hall–Kier alpha value is -1.10. The lowest BCUT2D eigenvalue weighted by atomic mass is 9.91. The molecule has 1 amide bonds. The summed E-state index contributed by atoms with van der Waals surface area (Å²) in [5.41, 5.74) is -0.423. The Morgan fingerprint density at radius 1 is 1.42 bits per heavy atom. The maximum absolute atomic E-state index is 12.7. The van der Waals surface area contributed by atoms with Gasteiger partial charge in [0.2, 0.25) is 5.91 Å². The molecule has 2 N–H and O–H groups in total. The lowest BCUT2D eigenvalue weighted by Gasteiger charge is -2.36. The number of carbonyl (C=O) groups is 2. The molecule has 1 heterocycles. The molecule has 5 nitrogen and oxygen atoms in total. The van der Waals surface area contributed by atoms with E-state index >= 15 is 0 Å². The maximum atomic E-state index is 12.7. The van der Waals surface area contributed by atoms with E-state index in [4.69, 9.17) is 5.11 Å². The molecule has 1 aliphatic heterocycles. The number of carbonyl (C=O) groups excluding carboxylic acids is 1. The van der Waals surface area contributed by atoms with Crippen molar-refractivity contribution in [3.8, 4) is 0 Å². The van der Waals surface area contributed by atoms with Gasteiger partial charge in [-0.3, -0.25) is 9.59 Å². The first-order valence-electron chi connectivity index (χ1n) is 7.21. The third-order valence-electron chi connectivity index (χ3n) is 3.93. The molecule has 0 spiro atoms. The zero-order valence-corrected chi connectivity index (χ0v) is 12.2. The van der Waals surface area contributed by atoms with Gasteiger partial charge < -0.3 is 15.3 Å². The first kappa shape index (κ1) is 16.0. The van der Waals surface area contributed by atoms with Crippen LogP contribution in [0.15, 0.2) is 0 Å². The first-order valence-corrected chi connectivity index (χ1v) is 7.21. The molecule has 110 valence electrons. The monoisotopic (exact) mass is 270 g/mol. The van der Waals surface area contributed by atoms with E-state index in [0.717, 1.165) is 25.8 Å². The minimum atomic E-state index is -0.805. The van der Waals surface area contributed by atoms with E-state index in [9.17, 15) is 9.59 Å². The van der Waals surface area contributed by atoms with Crippen molar-refractivity contribution in [1.82, 2.24) is 10.2 Å². The topological polar surface area (TPSA) is 69.6 Å². The Kier molecular flexibility index (Phi) is 5.79. The van der Waals surface area contributed by atoms with Crippen molar-refractivity contribution in [2.45, 2.75) is 64.5 Å². The van der Waals surface area contributed by atoms with Crippen LogP contribution in [0, 0.1) is 0 Å². The summed E-state index contributed by atoms with van der Waals surface area (Å²) in [6.45, 7) is 7.41. The largest absolute Gasteiger partial charge is 0.481 e. The highest BCUT2D eigenvalue weighted by Gasteiger charge is 2.42. The van der Waals surface area contributed by atoms with Crippen molar-refractivity contribution in [3.63, 3.8) is 0 Å². The van der Waals surface area contributed by atoms with Crippen LogP contribution in [0.5, 0.6) is 0 Å². The van der Waals surface area contributed by atoms with Crippen LogP contribution in [-0.4, -0.2) is 46.6 Å². The van der Waals surface area contributed by atoms with Gasteiger partial charge in [0.05, 0.1) is 5.54 Å². The molecule has 1 aliphatic rings. The predicted molar refractivity (Wildman–Crippen MR) is 74.0 cm³/mol. The summed E-state index contributed by atoms with van der Waals surface area (Å²) in [6, 6.07) is 0.104. The van der Waals surface area contributed by atoms with Gasteiger partial charge in [0.25, 0.3) is 0 Å². The third-order valence-corrected chi connectivity index (χ3v) is 3.93. The minimum Gasteiger partial charge on any atom is -0.481 e. The van der Waals surface area contributed by atoms with Crippen LogP contribution in [0.2, 0.25) is 0 Å². The second-order valence-corrected chi connectivity index (χ2v) is 5.56. The average molecular weight is 270 g/mol. The van der Waals surface area contributed by atoms with Gasteiger partial charge in [0.1, 0.15) is 0 Å². The number of carboxylic acid groups (broad SMARTS) is 1. The zero-order valence-electron chi connectivity index (χ0n) is 12.2. The smallest absolute Gasteiger partial charge is 0.303 e. The summed E-state index contributed by atoms with van der Waals surface area (Å²) >= 11 is 0. The van der Waals surface area contributed by atoms with E-state index < -0.39 is 11.5 Å². The Morgan fingerprint density at radius 2 is 2.11 bits per heavy atom. The molecule has 1 fully saturated rings. The van der Waals surface area contributed by atoms with E-state index in [-0.39, 0.29) is 18.4 Å². The number of aliphatic carboxylic acids is 1. The summed E-state index contributed by atoms with van der Waals surface area (Å²) in [5.74, 6) is -0.673. The number of nitrogens with zero attached hydrogens (tertiary/aromatic N) is 1. The molecule has 1 saturated heterocycles. The molecule has 0 aromatic heterocycles. The molecule has 0 saturated carbocycles. The molecule has 1 unspecified atom stereocenters. The van der Waals surface area contributed by atoms with E-state index in [1.165, 1.54) is 0 Å². The first-order chi connectivity index (χ1) is 8.93. The van der Waals surface area contributed by atoms with Gasteiger partial charge in [-0.25, -0.2) is 0 Å². The number of nitrogens with one attached hydrogen (secondary N) is 1. The summed E-state index contributed by atoms with van der Waals surface area (Å²) < 4.78 is 0. The highest BCUT2D eigenvalue weighted by atomic mass is 16.4. The van der Waals surface area contributed by atoms with Gasteiger partial charge in [-0.15, -0.1) is 0 Å². The molecular formula is C14H26N2O3. The highest BCUT2D eigenvalue weighted by Crippen LogP contribution is 2.26. The Bertz CT molecular complexity index is 323. The number of rotatable bonds is 7. The summed E-state index contributed by atoms with van der Waals surface area (Å²) in [4.78, 5) is 25.1. The molecule has 0 aromatic carbocycles. The Labute approximate surface area is 115 Å². The summed E-state index contributed by atoms with van der Waals surface area (Å²) in [5, 5.41) is 12.0. The second-order valence-electron chi connectivity index (χ2n) is 5.56. The fraction of sp³-hybridized carbons (Fsp3) is 0.857. The average Bonchev–Trinajstić information content (AvgIpc) is 2.83. The van der Waals surface area contributed by atoms with Crippen molar-refractivity contribution >= 4 is 11.9 Å². The molecule has 1 rings (SSSR count). The quantitative estimate of drug-likeness (QED) is 0.737. The zero-order chi connectivity index (χ0) is 14.5. The van der Waals surface area contributed by atoms with Gasteiger partial charge in [-0.1, -0.05) is 6.92 Å². The van der Waals surface area contributed by atoms with Gasteiger partial charge in [-0.05, 0) is 46.1 Å². The lowest BCUT2D eigenvalue weighted by molar-refractivity contribution is -0.141. The van der Waals surface area contributed by atoms with Crippen LogP contribution in [0.1, 0.15) is 52.9 Å². The van der Waals surface area contributed by atoms with Crippen molar-refractivity contribution < 1.29 is 14.7 Å². The number of hydrogen-bond donors (Lipinski definition) is 2. The van der Waals surface area contributed by atoms with Crippen LogP contribution >= 0.6 is 0 Å². The van der Waals surface area contributed by atoms with Crippen molar-refractivity contribution in [2.75, 3.05) is 13.1 Å². The van der Waals surface area contributed by atoms with Gasteiger partial charge in [0, 0.05) is 19.0 Å². The normalized spacial score (nSPS) is 22.7. The molecule has 0 radical (unpaired) electrons. The van der Waals surface area contributed by atoms with Crippen LogP contribution in [0.4, 0.5) is 0 Å². The van der Waals surface area contributed by atoms with E-state index in [2.05, 4.69) is 5.32 Å². The molecule has 0 bridgehead atoms. The molecule has 19 heavy (non-hydrogen) atoms. The van der Waals surface area contributed by atoms with Gasteiger partial charge in [-0.2, -0.15) is 0 Å². The fourth-order valence-electron chi connectivity index (χ4n) is 2.71. The van der Waals surface area contributed by atoms with Gasteiger partial charge >= 0.3 is 5.97 Å². The third kappa shape index (κ3) is 3.93. The molecular weight excluding hydrogens is 244 g/mol. The maximum Gasteiger partial charge on any atom is 0.303 e.